The molecule has 3 nitrogen and oxygen atoms in total. The van der Waals surface area contributed by atoms with Crippen molar-refractivity contribution >= 4 is 18.3 Å². The molecule has 1 fully saturated rings. The van der Waals surface area contributed by atoms with E-state index in [1.807, 2.05) is 6.07 Å². The molecule has 1 heterocycles. The van der Waals surface area contributed by atoms with Crippen LogP contribution in [0.15, 0.2) is 18.2 Å². The van der Waals surface area contributed by atoms with Gasteiger partial charge in [0.25, 0.3) is 5.91 Å². The third kappa shape index (κ3) is 3.53. The van der Waals surface area contributed by atoms with Crippen LogP contribution in [0.3, 0.4) is 0 Å². The maximum atomic E-state index is 12.1. The van der Waals surface area contributed by atoms with Gasteiger partial charge in [-0.3, -0.25) is 4.79 Å². The van der Waals surface area contributed by atoms with Crippen molar-refractivity contribution in [2.24, 2.45) is 0 Å². The fourth-order valence-corrected chi connectivity index (χ4v) is 3.12. The Kier molecular flexibility index (Phi) is 5.44. The Morgan fingerprint density at radius 3 is 2.75 bits per heavy atom. The Balaban J connectivity index is 0.00000147. The van der Waals surface area contributed by atoms with Crippen LogP contribution in [0, 0.1) is 0 Å². The number of carbonyl (C=O) groups is 1. The van der Waals surface area contributed by atoms with Gasteiger partial charge < -0.3 is 10.6 Å². The fourth-order valence-electron chi connectivity index (χ4n) is 3.12. The van der Waals surface area contributed by atoms with E-state index in [0.29, 0.717) is 6.04 Å². The zero-order chi connectivity index (χ0) is 13.1. The van der Waals surface area contributed by atoms with E-state index < -0.39 is 0 Å². The number of nitrogens with one attached hydrogen (secondary N) is 2. The number of halogens is 1. The monoisotopic (exact) mass is 294 g/mol. The molecule has 0 aromatic heterocycles. The first kappa shape index (κ1) is 15.3. The number of rotatable bonds is 3. The molecule has 1 amide bonds. The molecule has 0 radical (unpaired) electrons. The minimum absolute atomic E-state index is 0. The van der Waals surface area contributed by atoms with E-state index in [4.69, 9.17) is 0 Å². The van der Waals surface area contributed by atoms with Gasteiger partial charge in [0.2, 0.25) is 0 Å². The molecule has 2 aliphatic rings. The zero-order valence-corrected chi connectivity index (χ0v) is 12.6. The molecule has 4 heteroatoms. The second kappa shape index (κ2) is 7.09. The fraction of sp³-hybridized carbons (Fsp3) is 0.562. The van der Waals surface area contributed by atoms with Crippen LogP contribution in [0.4, 0.5) is 0 Å². The predicted molar refractivity (Wildman–Crippen MR) is 83.7 cm³/mol. The molecule has 2 N–H and O–H groups in total. The van der Waals surface area contributed by atoms with Crippen LogP contribution in [0.2, 0.25) is 0 Å². The predicted octanol–water partition coefficient (Wildman–Crippen LogP) is 2.47. The molecule has 1 saturated heterocycles. The normalized spacial score (nSPS) is 20.9. The van der Waals surface area contributed by atoms with Crippen LogP contribution >= 0.6 is 12.4 Å². The number of benzene rings is 1. The molecular formula is C16H23ClN2O. The molecule has 110 valence electrons. The maximum absolute atomic E-state index is 12.1. The van der Waals surface area contributed by atoms with Crippen LogP contribution in [0.1, 0.15) is 47.2 Å². The van der Waals surface area contributed by atoms with Crippen LogP contribution in [-0.4, -0.2) is 25.0 Å². The van der Waals surface area contributed by atoms with Crippen molar-refractivity contribution in [1.29, 1.82) is 0 Å². The van der Waals surface area contributed by atoms with Gasteiger partial charge in [-0.2, -0.15) is 0 Å². The molecule has 1 unspecified atom stereocenters. The van der Waals surface area contributed by atoms with E-state index in [-0.39, 0.29) is 18.3 Å². The van der Waals surface area contributed by atoms with Gasteiger partial charge in [0.05, 0.1) is 0 Å². The number of aryl methyl sites for hydroxylation is 2. The van der Waals surface area contributed by atoms with Gasteiger partial charge in [-0.25, -0.2) is 0 Å². The topological polar surface area (TPSA) is 41.1 Å². The van der Waals surface area contributed by atoms with Crippen molar-refractivity contribution in [3.8, 4) is 0 Å². The molecule has 1 atom stereocenters. The third-order valence-electron chi connectivity index (χ3n) is 4.28. The number of carbonyl (C=O) groups excluding carboxylic acids is 1. The van der Waals surface area contributed by atoms with Gasteiger partial charge in [-0.15, -0.1) is 12.4 Å². The molecule has 0 spiro atoms. The van der Waals surface area contributed by atoms with Crippen molar-refractivity contribution in [2.75, 3.05) is 13.1 Å². The van der Waals surface area contributed by atoms with Gasteiger partial charge in [0, 0.05) is 18.2 Å². The Morgan fingerprint density at radius 2 is 2.00 bits per heavy atom. The molecule has 1 aliphatic heterocycles. The van der Waals surface area contributed by atoms with E-state index in [9.17, 15) is 4.79 Å². The summed E-state index contributed by atoms with van der Waals surface area (Å²) in [4.78, 5) is 12.1. The van der Waals surface area contributed by atoms with Crippen molar-refractivity contribution in [3.63, 3.8) is 0 Å². The van der Waals surface area contributed by atoms with E-state index in [2.05, 4.69) is 22.8 Å². The molecule has 1 aliphatic carbocycles. The standard InChI is InChI=1S/C16H22N2O.ClH/c19-16(18-11-15-6-3-9-17-15)14-8-7-12-4-1-2-5-13(12)10-14;/h7-8,10,15,17H,1-6,9,11H2,(H,18,19);1H. The van der Waals surface area contributed by atoms with Gasteiger partial charge >= 0.3 is 0 Å². The van der Waals surface area contributed by atoms with E-state index in [0.717, 1.165) is 25.1 Å². The molecule has 1 aromatic carbocycles. The quantitative estimate of drug-likeness (QED) is 0.899. The summed E-state index contributed by atoms with van der Waals surface area (Å²) in [6, 6.07) is 6.66. The van der Waals surface area contributed by atoms with Crippen molar-refractivity contribution in [1.82, 2.24) is 10.6 Å². The van der Waals surface area contributed by atoms with Crippen molar-refractivity contribution in [3.05, 3.63) is 34.9 Å². The highest BCUT2D eigenvalue weighted by molar-refractivity contribution is 5.94. The SMILES string of the molecule is Cl.O=C(NCC1CCCN1)c1ccc2c(c1)CCCC2. The summed E-state index contributed by atoms with van der Waals surface area (Å²) in [5, 5.41) is 6.44. The van der Waals surface area contributed by atoms with E-state index in [1.54, 1.807) is 0 Å². The second-order valence-corrected chi connectivity index (χ2v) is 5.69. The van der Waals surface area contributed by atoms with Gasteiger partial charge in [0.15, 0.2) is 0 Å². The van der Waals surface area contributed by atoms with Crippen molar-refractivity contribution in [2.45, 2.75) is 44.6 Å². The van der Waals surface area contributed by atoms with E-state index >= 15 is 0 Å². The lowest BCUT2D eigenvalue weighted by molar-refractivity contribution is 0.0950. The molecule has 1 aromatic rings. The van der Waals surface area contributed by atoms with Crippen molar-refractivity contribution < 1.29 is 4.79 Å². The Labute approximate surface area is 126 Å². The van der Waals surface area contributed by atoms with Crippen LogP contribution < -0.4 is 10.6 Å². The lowest BCUT2D eigenvalue weighted by atomic mass is 9.90. The average molecular weight is 295 g/mol. The number of fused-ring (bicyclic) bond motifs is 1. The summed E-state index contributed by atoms with van der Waals surface area (Å²) >= 11 is 0. The minimum Gasteiger partial charge on any atom is -0.350 e. The molecule has 0 bridgehead atoms. The maximum Gasteiger partial charge on any atom is 0.251 e. The van der Waals surface area contributed by atoms with Gasteiger partial charge in [-0.1, -0.05) is 6.07 Å². The highest BCUT2D eigenvalue weighted by Gasteiger charge is 2.16. The summed E-state index contributed by atoms with van der Waals surface area (Å²) in [5.74, 6) is 0.0714. The molecule has 3 rings (SSSR count). The summed E-state index contributed by atoms with van der Waals surface area (Å²) < 4.78 is 0. The first-order chi connectivity index (χ1) is 9.33. The first-order valence-electron chi connectivity index (χ1n) is 7.46. The minimum atomic E-state index is 0. The highest BCUT2D eigenvalue weighted by atomic mass is 35.5. The largest absolute Gasteiger partial charge is 0.350 e. The lowest BCUT2D eigenvalue weighted by Gasteiger charge is -2.17. The highest BCUT2D eigenvalue weighted by Crippen LogP contribution is 2.22. The Hall–Kier alpha value is -1.06. The number of hydrogen-bond acceptors (Lipinski definition) is 2. The second-order valence-electron chi connectivity index (χ2n) is 5.69. The summed E-state index contributed by atoms with van der Waals surface area (Å²) in [7, 11) is 0. The Bertz CT molecular complexity index is 470. The van der Waals surface area contributed by atoms with Gasteiger partial charge in [-0.05, 0) is 68.3 Å². The molecular weight excluding hydrogens is 272 g/mol. The Morgan fingerprint density at radius 1 is 1.20 bits per heavy atom. The van der Waals surface area contributed by atoms with Crippen LogP contribution in [0.25, 0.3) is 0 Å². The van der Waals surface area contributed by atoms with Crippen LogP contribution in [0.5, 0.6) is 0 Å². The summed E-state index contributed by atoms with van der Waals surface area (Å²) in [6.45, 7) is 1.83. The number of hydrogen-bond donors (Lipinski definition) is 2. The first-order valence-corrected chi connectivity index (χ1v) is 7.46. The smallest absolute Gasteiger partial charge is 0.251 e. The van der Waals surface area contributed by atoms with Gasteiger partial charge in [0.1, 0.15) is 0 Å². The van der Waals surface area contributed by atoms with E-state index in [1.165, 1.54) is 43.2 Å². The average Bonchev–Trinajstić information content (AvgIpc) is 2.97. The zero-order valence-electron chi connectivity index (χ0n) is 11.8. The molecule has 20 heavy (non-hydrogen) atoms. The lowest BCUT2D eigenvalue weighted by Crippen LogP contribution is -2.37. The molecule has 0 saturated carbocycles. The third-order valence-corrected chi connectivity index (χ3v) is 4.28. The number of amides is 1. The summed E-state index contributed by atoms with van der Waals surface area (Å²) in [6.07, 6.45) is 7.23. The van der Waals surface area contributed by atoms with Crippen LogP contribution in [-0.2, 0) is 12.8 Å². The summed E-state index contributed by atoms with van der Waals surface area (Å²) in [5.41, 5.74) is 3.62.